The normalized spacial score (nSPS) is 15.6. The molecule has 0 aromatic heterocycles. The van der Waals surface area contributed by atoms with Gasteiger partial charge in [0.05, 0.1) is 12.1 Å². The monoisotopic (exact) mass is 424 g/mol. The van der Waals surface area contributed by atoms with E-state index in [0.717, 1.165) is 36.2 Å². The maximum absolute atomic E-state index is 13.0. The van der Waals surface area contributed by atoms with Crippen LogP contribution in [0.15, 0.2) is 60.7 Å². The predicted molar refractivity (Wildman–Crippen MR) is 116 cm³/mol. The van der Waals surface area contributed by atoms with E-state index < -0.39 is 11.7 Å². The number of fused-ring (bicyclic) bond motifs is 1. The molecule has 0 aliphatic heterocycles. The van der Waals surface area contributed by atoms with Crippen molar-refractivity contribution in [3.8, 4) is 11.1 Å². The second-order valence-corrected chi connectivity index (χ2v) is 8.00. The molecule has 3 aromatic carbocycles. The molecule has 0 radical (unpaired) electrons. The van der Waals surface area contributed by atoms with Crippen LogP contribution in [-0.2, 0) is 19.0 Å². The maximum Gasteiger partial charge on any atom is 0.416 e. The van der Waals surface area contributed by atoms with Gasteiger partial charge in [-0.25, -0.2) is 0 Å². The Hall–Kier alpha value is -3.12. The lowest BCUT2D eigenvalue weighted by Gasteiger charge is -2.14. The van der Waals surface area contributed by atoms with E-state index in [4.69, 9.17) is 5.73 Å². The number of aryl methyl sites for hydroxylation is 1. The number of carbonyl (C=O) groups excluding carboxylic acids is 1. The van der Waals surface area contributed by atoms with Crippen molar-refractivity contribution in [2.45, 2.75) is 32.0 Å². The molecule has 1 aliphatic rings. The van der Waals surface area contributed by atoms with E-state index in [2.05, 4.69) is 5.32 Å². The van der Waals surface area contributed by atoms with Crippen LogP contribution in [-0.4, -0.2) is 18.4 Å². The first-order valence-electron chi connectivity index (χ1n) is 10.1. The standard InChI is InChI=1S/C25H23F3N2O/c1-15-3-2-4-22(24(15)16-5-8-19(9-6-16)25(26,27)28)23(31)14-30-21-10-7-17-11-20(29)12-18(17)13-21/h2-10,13,20,30H,11-12,14,29H2,1H3. The highest BCUT2D eigenvalue weighted by Crippen LogP contribution is 2.33. The van der Waals surface area contributed by atoms with Gasteiger partial charge in [0.25, 0.3) is 0 Å². The Morgan fingerprint density at radius 3 is 2.45 bits per heavy atom. The van der Waals surface area contributed by atoms with Gasteiger partial charge in [-0.15, -0.1) is 0 Å². The smallest absolute Gasteiger partial charge is 0.378 e. The molecule has 160 valence electrons. The van der Waals surface area contributed by atoms with Crippen molar-refractivity contribution in [1.29, 1.82) is 0 Å². The Bertz CT molecular complexity index is 1120. The zero-order chi connectivity index (χ0) is 22.2. The fourth-order valence-electron chi connectivity index (χ4n) is 4.15. The van der Waals surface area contributed by atoms with Gasteiger partial charge in [0.1, 0.15) is 0 Å². The number of hydrogen-bond donors (Lipinski definition) is 2. The molecule has 1 aliphatic carbocycles. The summed E-state index contributed by atoms with van der Waals surface area (Å²) in [5.41, 5.74) is 11.2. The number of halogens is 3. The maximum atomic E-state index is 13.0. The van der Waals surface area contributed by atoms with Gasteiger partial charge in [-0.3, -0.25) is 4.79 Å². The fraction of sp³-hybridized carbons (Fsp3) is 0.240. The van der Waals surface area contributed by atoms with Gasteiger partial charge in [-0.1, -0.05) is 36.4 Å². The average Bonchev–Trinajstić information content (AvgIpc) is 3.10. The van der Waals surface area contributed by atoms with Gasteiger partial charge in [0, 0.05) is 17.3 Å². The Kier molecular flexibility index (Phi) is 5.58. The van der Waals surface area contributed by atoms with Gasteiger partial charge >= 0.3 is 6.18 Å². The van der Waals surface area contributed by atoms with E-state index in [1.54, 1.807) is 12.1 Å². The molecule has 0 fully saturated rings. The Labute approximate surface area is 179 Å². The molecule has 1 unspecified atom stereocenters. The highest BCUT2D eigenvalue weighted by molar-refractivity contribution is 6.05. The first kappa shape index (κ1) is 21.1. The molecule has 0 amide bonds. The molecule has 0 spiro atoms. The van der Waals surface area contributed by atoms with Gasteiger partial charge in [-0.2, -0.15) is 13.2 Å². The number of benzene rings is 3. The van der Waals surface area contributed by atoms with Crippen molar-refractivity contribution in [2.75, 3.05) is 11.9 Å². The van der Waals surface area contributed by atoms with E-state index >= 15 is 0 Å². The summed E-state index contributed by atoms with van der Waals surface area (Å²) >= 11 is 0. The highest BCUT2D eigenvalue weighted by atomic mass is 19.4. The molecule has 6 heteroatoms. The molecule has 3 nitrogen and oxygen atoms in total. The molecular formula is C25H23F3N2O. The van der Waals surface area contributed by atoms with Crippen LogP contribution in [0, 0.1) is 6.92 Å². The third-order valence-electron chi connectivity index (χ3n) is 5.70. The van der Waals surface area contributed by atoms with E-state index in [1.165, 1.54) is 23.3 Å². The molecule has 4 rings (SSSR count). The highest BCUT2D eigenvalue weighted by Gasteiger charge is 2.30. The van der Waals surface area contributed by atoms with Crippen LogP contribution in [0.3, 0.4) is 0 Å². The molecule has 1 atom stereocenters. The van der Waals surface area contributed by atoms with E-state index in [1.807, 2.05) is 31.2 Å². The van der Waals surface area contributed by atoms with Crippen molar-refractivity contribution in [1.82, 2.24) is 0 Å². The minimum Gasteiger partial charge on any atom is -0.378 e. The minimum atomic E-state index is -4.40. The predicted octanol–water partition coefficient (Wildman–Crippen LogP) is 5.40. The summed E-state index contributed by atoms with van der Waals surface area (Å²) in [4.78, 5) is 13.0. The summed E-state index contributed by atoms with van der Waals surface area (Å²) in [6.45, 7) is 1.93. The lowest BCUT2D eigenvalue weighted by atomic mass is 9.92. The first-order valence-corrected chi connectivity index (χ1v) is 10.1. The topological polar surface area (TPSA) is 55.1 Å². The second kappa shape index (κ2) is 8.19. The molecule has 3 N–H and O–H groups in total. The van der Waals surface area contributed by atoms with Crippen LogP contribution >= 0.6 is 0 Å². The van der Waals surface area contributed by atoms with Crippen molar-refractivity contribution < 1.29 is 18.0 Å². The Morgan fingerprint density at radius 1 is 1.03 bits per heavy atom. The zero-order valence-corrected chi connectivity index (χ0v) is 17.1. The number of nitrogens with one attached hydrogen (secondary N) is 1. The van der Waals surface area contributed by atoms with Crippen molar-refractivity contribution >= 4 is 11.5 Å². The Balaban J connectivity index is 1.55. The van der Waals surface area contributed by atoms with E-state index in [-0.39, 0.29) is 18.4 Å². The molecule has 0 saturated carbocycles. The molecular weight excluding hydrogens is 401 g/mol. The summed E-state index contributed by atoms with van der Waals surface area (Å²) in [7, 11) is 0. The van der Waals surface area contributed by atoms with Crippen molar-refractivity contribution in [3.05, 3.63) is 88.5 Å². The number of alkyl halides is 3. The molecule has 0 bridgehead atoms. The minimum absolute atomic E-state index is 0.0852. The zero-order valence-electron chi connectivity index (χ0n) is 17.1. The Morgan fingerprint density at radius 2 is 1.74 bits per heavy atom. The average molecular weight is 424 g/mol. The molecule has 0 saturated heterocycles. The van der Waals surface area contributed by atoms with Gasteiger partial charge in [0.15, 0.2) is 5.78 Å². The number of Topliss-reactive ketones (excluding diaryl/α,β-unsaturated/α-hetero) is 1. The first-order chi connectivity index (χ1) is 14.7. The summed E-state index contributed by atoms with van der Waals surface area (Å²) in [6.07, 6.45) is -2.70. The van der Waals surface area contributed by atoms with Gasteiger partial charge in [0.2, 0.25) is 0 Å². The number of nitrogens with two attached hydrogens (primary N) is 1. The number of ketones is 1. The van der Waals surface area contributed by atoms with Gasteiger partial charge < -0.3 is 11.1 Å². The van der Waals surface area contributed by atoms with E-state index in [9.17, 15) is 18.0 Å². The van der Waals surface area contributed by atoms with Crippen molar-refractivity contribution in [2.24, 2.45) is 5.73 Å². The summed E-state index contributed by atoms with van der Waals surface area (Å²) in [5, 5.41) is 3.18. The molecule has 3 aromatic rings. The van der Waals surface area contributed by atoms with Gasteiger partial charge in [-0.05, 0) is 71.8 Å². The summed E-state index contributed by atoms with van der Waals surface area (Å²) < 4.78 is 38.7. The van der Waals surface area contributed by atoms with Crippen LogP contribution in [0.2, 0.25) is 0 Å². The number of hydrogen-bond acceptors (Lipinski definition) is 3. The number of rotatable bonds is 5. The van der Waals surface area contributed by atoms with Crippen LogP contribution in [0.5, 0.6) is 0 Å². The lowest BCUT2D eigenvalue weighted by molar-refractivity contribution is -0.137. The summed E-state index contributed by atoms with van der Waals surface area (Å²) in [5.74, 6) is -0.129. The quantitative estimate of drug-likeness (QED) is 0.539. The second-order valence-electron chi connectivity index (χ2n) is 8.00. The fourth-order valence-corrected chi connectivity index (χ4v) is 4.15. The van der Waals surface area contributed by atoms with Crippen LogP contribution in [0.25, 0.3) is 11.1 Å². The molecule has 31 heavy (non-hydrogen) atoms. The van der Waals surface area contributed by atoms with Crippen LogP contribution in [0.4, 0.5) is 18.9 Å². The SMILES string of the molecule is Cc1cccc(C(=O)CNc2ccc3c(c2)CC(N)C3)c1-c1ccc(C(F)(F)F)cc1. The number of carbonyl (C=O) groups is 1. The van der Waals surface area contributed by atoms with Crippen LogP contribution in [0.1, 0.15) is 32.6 Å². The lowest BCUT2D eigenvalue weighted by Crippen LogP contribution is -2.19. The third-order valence-corrected chi connectivity index (χ3v) is 5.70. The largest absolute Gasteiger partial charge is 0.416 e. The number of anilines is 1. The van der Waals surface area contributed by atoms with E-state index in [0.29, 0.717) is 16.7 Å². The van der Waals surface area contributed by atoms with Crippen LogP contribution < -0.4 is 11.1 Å². The molecule has 0 heterocycles. The van der Waals surface area contributed by atoms with Crippen molar-refractivity contribution in [3.63, 3.8) is 0 Å². The summed E-state index contributed by atoms with van der Waals surface area (Å²) in [6, 6.07) is 16.4. The third kappa shape index (κ3) is 4.49.